The fraction of sp³-hybridized carbons (Fsp3) is 0.550. The molecular formula is C20H25NO2S4. The average molecular weight is 440 g/mol. The number of benzene rings is 1. The number of ether oxygens (including phenoxy) is 2. The molecule has 7 heteroatoms. The van der Waals surface area contributed by atoms with Crippen molar-refractivity contribution in [3.63, 3.8) is 0 Å². The van der Waals surface area contributed by atoms with Gasteiger partial charge in [-0.15, -0.1) is 11.8 Å². The molecule has 4 aliphatic heterocycles. The number of hydrogen-bond acceptors (Lipinski definition) is 7. The third kappa shape index (κ3) is 4.43. The first kappa shape index (κ1) is 19.9. The summed E-state index contributed by atoms with van der Waals surface area (Å²) in [6, 6.07) is 10.1. The molecule has 5 heterocycles. The van der Waals surface area contributed by atoms with Crippen molar-refractivity contribution in [1.82, 2.24) is 4.90 Å². The SMILES string of the molecule is COc1ccc(-c2cc(=S)ss2)cc1.C[C@@H]1O[C@@]2(CS1)CN1CCC2CC1. The zero-order chi connectivity index (χ0) is 18.9. The molecule has 27 heavy (non-hydrogen) atoms. The number of rotatable bonds is 2. The Morgan fingerprint density at radius 3 is 2.41 bits per heavy atom. The van der Waals surface area contributed by atoms with E-state index in [1.54, 1.807) is 27.8 Å². The number of thioether (sulfide) groups is 1. The summed E-state index contributed by atoms with van der Waals surface area (Å²) in [5.41, 5.74) is 1.88. The third-order valence-electron chi connectivity index (χ3n) is 5.62. The van der Waals surface area contributed by atoms with Gasteiger partial charge in [0.05, 0.1) is 12.7 Å². The molecule has 146 valence electrons. The normalized spacial score (nSPS) is 31.6. The lowest BCUT2D eigenvalue weighted by molar-refractivity contribution is -0.133. The fourth-order valence-corrected chi connectivity index (χ4v) is 7.78. The zero-order valence-corrected chi connectivity index (χ0v) is 18.9. The Balaban J connectivity index is 0.000000134. The summed E-state index contributed by atoms with van der Waals surface area (Å²) in [7, 11) is 5.02. The van der Waals surface area contributed by atoms with E-state index in [4.69, 9.17) is 21.7 Å². The highest BCUT2D eigenvalue weighted by molar-refractivity contribution is 8.00. The highest BCUT2D eigenvalue weighted by atomic mass is 32.9. The molecule has 4 fully saturated rings. The predicted molar refractivity (Wildman–Crippen MR) is 120 cm³/mol. The lowest BCUT2D eigenvalue weighted by Crippen LogP contribution is -2.60. The maximum Gasteiger partial charge on any atom is 0.118 e. The van der Waals surface area contributed by atoms with Gasteiger partial charge in [-0.2, -0.15) is 0 Å². The Kier molecular flexibility index (Phi) is 6.26. The number of nitrogens with zero attached hydrogens (tertiary/aromatic N) is 1. The minimum Gasteiger partial charge on any atom is -0.497 e. The quantitative estimate of drug-likeness (QED) is 0.436. The molecule has 6 rings (SSSR count). The molecule has 0 amide bonds. The van der Waals surface area contributed by atoms with Gasteiger partial charge in [0, 0.05) is 17.2 Å². The second kappa shape index (κ2) is 8.51. The molecule has 0 aliphatic carbocycles. The van der Waals surface area contributed by atoms with Crippen molar-refractivity contribution in [1.29, 1.82) is 0 Å². The second-order valence-corrected chi connectivity index (χ2v) is 11.5. The van der Waals surface area contributed by atoms with E-state index < -0.39 is 0 Å². The smallest absolute Gasteiger partial charge is 0.118 e. The van der Waals surface area contributed by atoms with E-state index in [0.29, 0.717) is 5.44 Å². The monoisotopic (exact) mass is 439 g/mol. The summed E-state index contributed by atoms with van der Waals surface area (Å²) in [4.78, 5) is 3.81. The molecule has 2 atom stereocenters. The largest absolute Gasteiger partial charge is 0.497 e. The van der Waals surface area contributed by atoms with Gasteiger partial charge < -0.3 is 14.4 Å². The van der Waals surface area contributed by atoms with Crippen LogP contribution >= 0.6 is 44.7 Å². The summed E-state index contributed by atoms with van der Waals surface area (Å²) >= 11 is 7.08. The Labute approximate surface area is 178 Å². The van der Waals surface area contributed by atoms with Gasteiger partial charge >= 0.3 is 0 Å². The van der Waals surface area contributed by atoms with E-state index in [-0.39, 0.29) is 5.60 Å². The van der Waals surface area contributed by atoms with Gasteiger partial charge in [0.15, 0.2) is 0 Å². The van der Waals surface area contributed by atoms with Crippen molar-refractivity contribution in [2.75, 3.05) is 32.5 Å². The van der Waals surface area contributed by atoms with Crippen molar-refractivity contribution in [2.45, 2.75) is 30.8 Å². The van der Waals surface area contributed by atoms with Crippen LogP contribution in [0.1, 0.15) is 19.8 Å². The molecule has 0 saturated carbocycles. The topological polar surface area (TPSA) is 21.7 Å². The molecule has 1 aromatic carbocycles. The summed E-state index contributed by atoms with van der Waals surface area (Å²) < 4.78 is 12.2. The molecule has 0 N–H and O–H groups in total. The molecule has 4 saturated heterocycles. The highest BCUT2D eigenvalue weighted by Gasteiger charge is 2.51. The number of piperidine rings is 3. The number of methoxy groups -OCH3 is 1. The van der Waals surface area contributed by atoms with Crippen molar-refractivity contribution >= 4 is 44.7 Å². The van der Waals surface area contributed by atoms with Crippen LogP contribution in [0.2, 0.25) is 0 Å². The maximum absolute atomic E-state index is 6.14. The first-order chi connectivity index (χ1) is 13.1. The van der Waals surface area contributed by atoms with E-state index in [2.05, 4.69) is 11.8 Å². The van der Waals surface area contributed by atoms with Gasteiger partial charge in [0.25, 0.3) is 0 Å². The number of fused-ring (bicyclic) bond motifs is 2. The second-order valence-electron chi connectivity index (χ2n) is 7.33. The Hall–Kier alpha value is -0.440. The van der Waals surface area contributed by atoms with Crippen LogP contribution in [0.5, 0.6) is 5.75 Å². The Bertz CT molecular complexity index is 810. The van der Waals surface area contributed by atoms with Gasteiger partial charge in [0.1, 0.15) is 15.0 Å². The third-order valence-corrected chi connectivity index (χ3v) is 9.75. The Morgan fingerprint density at radius 1 is 1.19 bits per heavy atom. The molecule has 4 aliphatic rings. The van der Waals surface area contributed by atoms with Gasteiger partial charge in [-0.25, -0.2) is 0 Å². The van der Waals surface area contributed by atoms with Gasteiger partial charge in [-0.05, 0) is 74.7 Å². The Morgan fingerprint density at radius 2 is 1.93 bits per heavy atom. The number of hydrogen-bond donors (Lipinski definition) is 0. The first-order valence-electron chi connectivity index (χ1n) is 9.34. The van der Waals surface area contributed by atoms with Crippen molar-refractivity contribution in [3.8, 4) is 16.2 Å². The lowest BCUT2D eigenvalue weighted by atomic mass is 9.76. The van der Waals surface area contributed by atoms with E-state index in [1.807, 2.05) is 42.1 Å². The van der Waals surface area contributed by atoms with Crippen molar-refractivity contribution < 1.29 is 9.47 Å². The van der Waals surface area contributed by atoms with Crippen LogP contribution in [0.4, 0.5) is 0 Å². The first-order valence-corrected chi connectivity index (χ1v) is 12.9. The van der Waals surface area contributed by atoms with Crippen molar-refractivity contribution in [2.24, 2.45) is 5.92 Å². The summed E-state index contributed by atoms with van der Waals surface area (Å²) in [5, 5.41) is 0. The predicted octanol–water partition coefficient (Wildman–Crippen LogP) is 5.77. The van der Waals surface area contributed by atoms with Crippen LogP contribution in [0, 0.1) is 9.74 Å². The minimum atomic E-state index is 0.251. The molecule has 0 unspecified atom stereocenters. The lowest BCUT2D eigenvalue weighted by Gasteiger charge is -2.50. The minimum absolute atomic E-state index is 0.251. The molecule has 0 radical (unpaired) electrons. The van der Waals surface area contributed by atoms with E-state index in [0.717, 1.165) is 15.5 Å². The van der Waals surface area contributed by atoms with Crippen LogP contribution in [0.25, 0.3) is 10.4 Å². The standard InChI is InChI=1S/C10H17NOS.C10H8OS3/c1-8-12-10(7-13-8)6-11-4-2-9(10)3-5-11;1-11-8-4-2-7(3-5-8)9-6-10(12)14-13-9/h8-9H,2-7H2,1H3;2-6H,1H3/t8-,10-;/m1./s1. The molecule has 1 spiro atoms. The zero-order valence-electron chi connectivity index (χ0n) is 15.7. The molecule has 3 nitrogen and oxygen atoms in total. The fourth-order valence-electron chi connectivity index (χ4n) is 4.21. The van der Waals surface area contributed by atoms with Gasteiger partial charge in [0.2, 0.25) is 0 Å². The van der Waals surface area contributed by atoms with Gasteiger partial charge in [-0.3, -0.25) is 0 Å². The molecule has 1 aromatic heterocycles. The summed E-state index contributed by atoms with van der Waals surface area (Å²) in [6.45, 7) is 6.02. The van der Waals surface area contributed by atoms with E-state index in [1.165, 1.54) is 48.7 Å². The summed E-state index contributed by atoms with van der Waals surface area (Å²) in [6.07, 6.45) is 2.74. The average Bonchev–Trinajstić information content (AvgIpc) is 3.29. The molecular weight excluding hydrogens is 414 g/mol. The maximum atomic E-state index is 6.14. The van der Waals surface area contributed by atoms with Crippen LogP contribution < -0.4 is 4.74 Å². The van der Waals surface area contributed by atoms with Gasteiger partial charge in [-0.1, -0.05) is 32.9 Å². The van der Waals surface area contributed by atoms with E-state index in [9.17, 15) is 0 Å². The highest BCUT2D eigenvalue weighted by Crippen LogP contribution is 2.46. The molecule has 2 aromatic rings. The van der Waals surface area contributed by atoms with Crippen LogP contribution in [0.3, 0.4) is 0 Å². The van der Waals surface area contributed by atoms with Crippen molar-refractivity contribution in [3.05, 3.63) is 34.2 Å². The van der Waals surface area contributed by atoms with Crippen LogP contribution in [0.15, 0.2) is 30.3 Å². The van der Waals surface area contributed by atoms with Crippen LogP contribution in [-0.4, -0.2) is 48.4 Å². The molecule has 2 bridgehead atoms. The summed E-state index contributed by atoms with van der Waals surface area (Å²) in [5.74, 6) is 2.97. The van der Waals surface area contributed by atoms with Crippen LogP contribution in [-0.2, 0) is 4.74 Å². The van der Waals surface area contributed by atoms with E-state index >= 15 is 0 Å².